The zero-order chi connectivity index (χ0) is 19.5. The number of rotatable bonds is 6. The zero-order valence-corrected chi connectivity index (χ0v) is 14.0. The van der Waals surface area contributed by atoms with Gasteiger partial charge in [0.2, 0.25) is 5.75 Å². The van der Waals surface area contributed by atoms with Crippen LogP contribution in [0.1, 0.15) is 18.1 Å². The van der Waals surface area contributed by atoms with E-state index < -0.39 is 22.4 Å². The summed E-state index contributed by atoms with van der Waals surface area (Å²) in [5.74, 6) is 0.113. The van der Waals surface area contributed by atoms with Gasteiger partial charge in [-0.3, -0.25) is 10.1 Å². The molecule has 2 aromatic rings. The molecule has 2 rings (SSSR count). The lowest BCUT2D eigenvalue weighted by Gasteiger charge is -2.14. The van der Waals surface area contributed by atoms with Crippen LogP contribution in [0.2, 0.25) is 0 Å². The number of hydrogen-bond acceptors (Lipinski definition) is 5. The van der Waals surface area contributed by atoms with E-state index in [9.17, 15) is 23.3 Å². The molecule has 0 bridgehead atoms. The summed E-state index contributed by atoms with van der Waals surface area (Å²) in [6.45, 7) is 1.84. The molecule has 6 nitrogen and oxygen atoms in total. The van der Waals surface area contributed by atoms with E-state index >= 15 is 0 Å². The number of nitrogens with zero attached hydrogens (tertiary/aromatic N) is 1. The molecule has 0 aromatic heterocycles. The number of methoxy groups -OCH3 is 1. The minimum Gasteiger partial charge on any atom is -0.493 e. The van der Waals surface area contributed by atoms with Crippen molar-refractivity contribution in [1.82, 2.24) is 0 Å². The molecule has 0 spiro atoms. The predicted octanol–water partition coefficient (Wildman–Crippen LogP) is 4.30. The molecule has 0 saturated carbocycles. The molecule has 0 fully saturated rings. The Balaban J connectivity index is 2.40. The van der Waals surface area contributed by atoms with Gasteiger partial charge in [0.25, 0.3) is 0 Å². The maximum absolute atomic E-state index is 12.8. The van der Waals surface area contributed by atoms with Crippen molar-refractivity contribution in [3.63, 3.8) is 0 Å². The van der Waals surface area contributed by atoms with Crippen LogP contribution in [0.4, 0.5) is 18.9 Å². The van der Waals surface area contributed by atoms with Gasteiger partial charge in [0, 0.05) is 12.1 Å². The number of halogens is 3. The number of nitrogens with two attached hydrogens (primary N) is 1. The second-order valence-electron chi connectivity index (χ2n) is 5.71. The number of ether oxygens (including phenoxy) is 2. The van der Waals surface area contributed by atoms with Crippen molar-refractivity contribution in [2.24, 2.45) is 5.73 Å². The molecule has 1 unspecified atom stereocenters. The number of benzene rings is 2. The molecular weight excluding hydrogens is 353 g/mol. The second kappa shape index (κ2) is 7.61. The molecule has 26 heavy (non-hydrogen) atoms. The van der Waals surface area contributed by atoms with Gasteiger partial charge in [-0.15, -0.1) is 0 Å². The van der Waals surface area contributed by atoms with E-state index in [1.54, 1.807) is 12.1 Å². The van der Waals surface area contributed by atoms with E-state index in [1.807, 2.05) is 6.92 Å². The Morgan fingerprint density at radius 3 is 2.35 bits per heavy atom. The fraction of sp³-hybridized carbons (Fsp3) is 0.294. The van der Waals surface area contributed by atoms with Crippen LogP contribution in [0.25, 0.3) is 0 Å². The van der Waals surface area contributed by atoms with Gasteiger partial charge >= 0.3 is 11.9 Å². The van der Waals surface area contributed by atoms with Gasteiger partial charge in [-0.25, -0.2) is 0 Å². The molecule has 1 atom stereocenters. The van der Waals surface area contributed by atoms with Crippen molar-refractivity contribution in [1.29, 1.82) is 0 Å². The van der Waals surface area contributed by atoms with Gasteiger partial charge in [-0.2, -0.15) is 13.2 Å². The first-order chi connectivity index (χ1) is 12.1. The van der Waals surface area contributed by atoms with Crippen molar-refractivity contribution in [3.05, 3.63) is 57.6 Å². The fourth-order valence-corrected chi connectivity index (χ4v) is 2.34. The lowest BCUT2D eigenvalue weighted by molar-refractivity contribution is -0.385. The molecule has 0 saturated heterocycles. The van der Waals surface area contributed by atoms with E-state index in [0.29, 0.717) is 12.5 Å². The first-order valence-electron chi connectivity index (χ1n) is 7.57. The van der Waals surface area contributed by atoms with E-state index in [-0.39, 0.29) is 23.3 Å². The van der Waals surface area contributed by atoms with Crippen LogP contribution in [0.15, 0.2) is 36.4 Å². The summed E-state index contributed by atoms with van der Waals surface area (Å²) in [5.41, 5.74) is 4.69. The third-order valence-corrected chi connectivity index (χ3v) is 3.49. The average molecular weight is 370 g/mol. The summed E-state index contributed by atoms with van der Waals surface area (Å²) in [6, 6.07) is 6.88. The van der Waals surface area contributed by atoms with E-state index in [2.05, 4.69) is 0 Å². The van der Waals surface area contributed by atoms with Gasteiger partial charge in [-0.1, -0.05) is 6.07 Å². The second-order valence-corrected chi connectivity index (χ2v) is 5.71. The molecule has 0 aliphatic rings. The Morgan fingerprint density at radius 2 is 1.81 bits per heavy atom. The minimum atomic E-state index is -4.69. The van der Waals surface area contributed by atoms with Crippen LogP contribution in [-0.4, -0.2) is 18.1 Å². The molecule has 0 radical (unpaired) electrons. The maximum Gasteiger partial charge on any atom is 0.416 e. The van der Waals surface area contributed by atoms with Gasteiger partial charge < -0.3 is 15.2 Å². The van der Waals surface area contributed by atoms with Crippen molar-refractivity contribution in [2.75, 3.05) is 7.11 Å². The van der Waals surface area contributed by atoms with E-state index in [4.69, 9.17) is 15.2 Å². The van der Waals surface area contributed by atoms with E-state index in [1.165, 1.54) is 13.2 Å². The van der Waals surface area contributed by atoms with Gasteiger partial charge in [0.1, 0.15) is 0 Å². The molecule has 0 amide bonds. The van der Waals surface area contributed by atoms with Crippen LogP contribution in [0.5, 0.6) is 17.2 Å². The van der Waals surface area contributed by atoms with Crippen LogP contribution in [-0.2, 0) is 12.6 Å². The molecule has 0 aliphatic heterocycles. The summed E-state index contributed by atoms with van der Waals surface area (Å²) in [5, 5.41) is 11.1. The molecule has 2 N–H and O–H groups in total. The normalized spacial score (nSPS) is 12.5. The summed E-state index contributed by atoms with van der Waals surface area (Å²) in [6.07, 6.45) is -4.11. The SMILES string of the molecule is COc1cc(CC(C)N)ccc1Oc1ccc(C(F)(F)F)cc1[N+](=O)[O-]. The highest BCUT2D eigenvalue weighted by atomic mass is 19.4. The zero-order valence-electron chi connectivity index (χ0n) is 14.0. The highest BCUT2D eigenvalue weighted by Crippen LogP contribution is 2.40. The van der Waals surface area contributed by atoms with Crippen LogP contribution < -0.4 is 15.2 Å². The predicted molar refractivity (Wildman–Crippen MR) is 88.5 cm³/mol. The van der Waals surface area contributed by atoms with Gasteiger partial charge in [0.15, 0.2) is 11.5 Å². The lowest BCUT2D eigenvalue weighted by Crippen LogP contribution is -2.17. The Kier molecular flexibility index (Phi) is 5.71. The monoisotopic (exact) mass is 370 g/mol. The topological polar surface area (TPSA) is 87.6 Å². The Bertz CT molecular complexity index is 807. The van der Waals surface area contributed by atoms with E-state index in [0.717, 1.165) is 17.7 Å². The summed E-state index contributed by atoms with van der Waals surface area (Å²) < 4.78 is 48.9. The Hall–Kier alpha value is -2.81. The number of alkyl halides is 3. The third-order valence-electron chi connectivity index (χ3n) is 3.49. The molecular formula is C17H17F3N2O4. The van der Waals surface area contributed by atoms with Crippen molar-refractivity contribution in [2.45, 2.75) is 25.6 Å². The van der Waals surface area contributed by atoms with Crippen molar-refractivity contribution in [3.8, 4) is 17.2 Å². The van der Waals surface area contributed by atoms with Crippen LogP contribution in [0.3, 0.4) is 0 Å². The average Bonchev–Trinajstić information content (AvgIpc) is 2.54. The van der Waals surface area contributed by atoms with Gasteiger partial charge in [-0.05, 0) is 43.2 Å². The quantitative estimate of drug-likeness (QED) is 0.605. The summed E-state index contributed by atoms with van der Waals surface area (Å²) >= 11 is 0. The number of nitro groups is 1. The standard InChI is InChI=1S/C17H17F3N2O4/c1-10(21)7-11-3-5-15(16(8-11)25-2)26-14-6-4-12(17(18,19)20)9-13(14)22(23)24/h3-6,8-10H,7,21H2,1-2H3. The maximum atomic E-state index is 12.8. The molecule has 0 aliphatic carbocycles. The smallest absolute Gasteiger partial charge is 0.416 e. The molecule has 0 heterocycles. The summed E-state index contributed by atoms with van der Waals surface area (Å²) in [4.78, 5) is 10.2. The molecule has 9 heteroatoms. The minimum absolute atomic E-state index is 0.0810. The highest BCUT2D eigenvalue weighted by molar-refractivity contribution is 5.53. The highest BCUT2D eigenvalue weighted by Gasteiger charge is 2.33. The van der Waals surface area contributed by atoms with Crippen LogP contribution in [0, 0.1) is 10.1 Å². The molecule has 2 aromatic carbocycles. The lowest BCUT2D eigenvalue weighted by atomic mass is 10.1. The first kappa shape index (κ1) is 19.5. The fourth-order valence-electron chi connectivity index (χ4n) is 2.34. The Labute approximate surface area is 147 Å². The largest absolute Gasteiger partial charge is 0.493 e. The van der Waals surface area contributed by atoms with Crippen LogP contribution >= 0.6 is 0 Å². The summed E-state index contributed by atoms with van der Waals surface area (Å²) in [7, 11) is 1.39. The first-order valence-corrected chi connectivity index (χ1v) is 7.57. The molecule has 140 valence electrons. The third kappa shape index (κ3) is 4.63. The Morgan fingerprint density at radius 1 is 1.15 bits per heavy atom. The van der Waals surface area contributed by atoms with Gasteiger partial charge in [0.05, 0.1) is 17.6 Å². The number of hydrogen-bond donors (Lipinski definition) is 1. The van der Waals surface area contributed by atoms with Crippen molar-refractivity contribution >= 4 is 5.69 Å². The van der Waals surface area contributed by atoms with Crippen molar-refractivity contribution < 1.29 is 27.6 Å². The number of nitro benzene ring substituents is 1.